The molecule has 1 amide bonds. The summed E-state index contributed by atoms with van der Waals surface area (Å²) >= 11 is 0. The Labute approximate surface area is 124 Å². The molecule has 5 nitrogen and oxygen atoms in total. The van der Waals surface area contributed by atoms with Crippen LogP contribution in [-0.2, 0) is 15.5 Å². The van der Waals surface area contributed by atoms with Crippen molar-refractivity contribution in [1.82, 2.24) is 10.2 Å². The van der Waals surface area contributed by atoms with Gasteiger partial charge in [-0.15, -0.1) is 0 Å². The summed E-state index contributed by atoms with van der Waals surface area (Å²) in [5, 5.41) is 3.29. The van der Waals surface area contributed by atoms with Gasteiger partial charge in [-0.05, 0) is 40.0 Å². The molecular weight excluding hydrogens is 276 g/mol. The molecule has 0 bridgehead atoms. The Morgan fingerprint density at radius 2 is 2.10 bits per heavy atom. The van der Waals surface area contributed by atoms with Crippen LogP contribution in [0.5, 0.6) is 0 Å². The van der Waals surface area contributed by atoms with Crippen LogP contribution in [0.1, 0.15) is 40.0 Å². The van der Waals surface area contributed by atoms with Gasteiger partial charge in [0, 0.05) is 48.5 Å². The third-order valence-electron chi connectivity index (χ3n) is 3.20. The van der Waals surface area contributed by atoms with Gasteiger partial charge in [-0.25, -0.2) is 4.79 Å². The maximum absolute atomic E-state index is 12.2. The van der Waals surface area contributed by atoms with Crippen LogP contribution in [0.25, 0.3) is 0 Å². The van der Waals surface area contributed by atoms with E-state index in [9.17, 15) is 9.00 Å². The predicted molar refractivity (Wildman–Crippen MR) is 82.4 cm³/mol. The molecule has 0 aromatic heterocycles. The van der Waals surface area contributed by atoms with Gasteiger partial charge in [0.2, 0.25) is 0 Å². The highest BCUT2D eigenvalue weighted by Gasteiger charge is 2.29. The largest absolute Gasteiger partial charge is 0.444 e. The van der Waals surface area contributed by atoms with E-state index < -0.39 is 16.4 Å². The molecule has 2 atom stereocenters. The molecule has 1 aliphatic rings. The highest BCUT2D eigenvalue weighted by molar-refractivity contribution is 7.84. The van der Waals surface area contributed by atoms with E-state index in [0.29, 0.717) is 5.75 Å². The molecule has 0 saturated carbocycles. The number of nitrogens with zero attached hydrogens (tertiary/aromatic N) is 1. The number of hydrogen-bond acceptors (Lipinski definition) is 4. The monoisotopic (exact) mass is 304 g/mol. The van der Waals surface area contributed by atoms with Crippen LogP contribution in [0.4, 0.5) is 4.79 Å². The zero-order chi connectivity index (χ0) is 15.2. The smallest absolute Gasteiger partial charge is 0.410 e. The van der Waals surface area contributed by atoms with E-state index in [2.05, 4.69) is 5.32 Å². The van der Waals surface area contributed by atoms with Crippen molar-refractivity contribution in [2.45, 2.75) is 51.7 Å². The van der Waals surface area contributed by atoms with Crippen LogP contribution in [-0.4, -0.2) is 58.5 Å². The minimum Gasteiger partial charge on any atom is -0.444 e. The fourth-order valence-electron chi connectivity index (χ4n) is 2.26. The summed E-state index contributed by atoms with van der Waals surface area (Å²) in [6.07, 6.45) is 4.67. The maximum atomic E-state index is 12.2. The highest BCUT2D eigenvalue weighted by Crippen LogP contribution is 2.19. The first-order valence-electron chi connectivity index (χ1n) is 7.30. The molecule has 0 aromatic rings. The lowest BCUT2D eigenvalue weighted by Crippen LogP contribution is -2.50. The molecule has 20 heavy (non-hydrogen) atoms. The Kier molecular flexibility index (Phi) is 6.95. The van der Waals surface area contributed by atoms with Gasteiger partial charge in [0.1, 0.15) is 5.60 Å². The molecule has 0 aliphatic carbocycles. The lowest BCUT2D eigenvalue weighted by atomic mass is 10.0. The van der Waals surface area contributed by atoms with E-state index in [4.69, 9.17) is 4.74 Å². The number of carbonyl (C=O) groups excluding carboxylic acids is 1. The second-order valence-corrected chi connectivity index (χ2v) is 7.86. The van der Waals surface area contributed by atoms with Gasteiger partial charge in [0.05, 0.1) is 0 Å². The number of nitrogens with one attached hydrogen (secondary N) is 1. The van der Waals surface area contributed by atoms with E-state index in [1.165, 1.54) is 0 Å². The van der Waals surface area contributed by atoms with Gasteiger partial charge >= 0.3 is 6.09 Å². The number of ether oxygens (including phenoxy) is 1. The molecule has 0 aromatic carbocycles. The molecule has 1 rings (SSSR count). The van der Waals surface area contributed by atoms with E-state index in [1.54, 1.807) is 6.26 Å². The number of likely N-dealkylation sites (tertiary alicyclic amines) is 1. The zero-order valence-electron chi connectivity index (χ0n) is 13.1. The van der Waals surface area contributed by atoms with Crippen LogP contribution in [0.2, 0.25) is 0 Å². The number of rotatable bonds is 5. The summed E-state index contributed by atoms with van der Waals surface area (Å²) < 4.78 is 16.5. The van der Waals surface area contributed by atoms with Crippen molar-refractivity contribution in [3.05, 3.63) is 0 Å². The zero-order valence-corrected chi connectivity index (χ0v) is 13.9. The first kappa shape index (κ1) is 17.4. The molecule has 1 aliphatic heterocycles. The first-order chi connectivity index (χ1) is 9.29. The first-order valence-corrected chi connectivity index (χ1v) is 9.02. The summed E-state index contributed by atoms with van der Waals surface area (Å²) in [5.41, 5.74) is -0.453. The molecular formula is C14H28N2O3S. The Morgan fingerprint density at radius 3 is 2.70 bits per heavy atom. The summed E-state index contributed by atoms with van der Waals surface area (Å²) in [5.74, 6) is 0.652. The van der Waals surface area contributed by atoms with Crippen molar-refractivity contribution in [2.75, 3.05) is 31.6 Å². The van der Waals surface area contributed by atoms with Crippen LogP contribution in [0.15, 0.2) is 0 Å². The quantitative estimate of drug-likeness (QED) is 0.786. The Balaban J connectivity index is 2.45. The summed E-state index contributed by atoms with van der Waals surface area (Å²) in [4.78, 5) is 14.0. The molecule has 0 spiro atoms. The normalized spacial score (nSPS) is 21.6. The molecule has 6 heteroatoms. The van der Waals surface area contributed by atoms with Crippen molar-refractivity contribution >= 4 is 16.9 Å². The van der Waals surface area contributed by atoms with Crippen LogP contribution >= 0.6 is 0 Å². The van der Waals surface area contributed by atoms with Gasteiger partial charge in [-0.1, -0.05) is 0 Å². The maximum Gasteiger partial charge on any atom is 0.410 e. The highest BCUT2D eigenvalue weighted by atomic mass is 32.2. The van der Waals surface area contributed by atoms with E-state index in [-0.39, 0.29) is 12.1 Å². The fraction of sp³-hybridized carbons (Fsp3) is 0.929. The SMILES string of the molecule is CS(=O)CCNCC1CCCCN1C(=O)OC(C)(C)C. The van der Waals surface area contributed by atoms with Gasteiger partial charge in [-0.3, -0.25) is 4.21 Å². The molecule has 1 N–H and O–H groups in total. The molecule has 1 fully saturated rings. The average Bonchev–Trinajstić information content (AvgIpc) is 2.32. The third kappa shape index (κ3) is 6.70. The Bertz CT molecular complexity index is 342. The van der Waals surface area contributed by atoms with Crippen LogP contribution in [0, 0.1) is 0 Å². The van der Waals surface area contributed by atoms with Gasteiger partial charge in [-0.2, -0.15) is 0 Å². The minimum absolute atomic E-state index is 0.184. The second-order valence-electron chi connectivity index (χ2n) is 6.30. The van der Waals surface area contributed by atoms with E-state index >= 15 is 0 Å². The number of amides is 1. The molecule has 1 saturated heterocycles. The van der Waals surface area contributed by atoms with Crippen molar-refractivity contribution in [3.63, 3.8) is 0 Å². The van der Waals surface area contributed by atoms with Crippen molar-refractivity contribution in [3.8, 4) is 0 Å². The molecule has 1 heterocycles. The van der Waals surface area contributed by atoms with Crippen LogP contribution < -0.4 is 5.32 Å². The van der Waals surface area contributed by atoms with Gasteiger partial charge < -0.3 is 15.0 Å². The number of hydrogen-bond donors (Lipinski definition) is 1. The van der Waals surface area contributed by atoms with Crippen molar-refractivity contribution in [1.29, 1.82) is 0 Å². The average molecular weight is 304 g/mol. The predicted octanol–water partition coefficient (Wildman–Crippen LogP) is 1.74. The lowest BCUT2D eigenvalue weighted by Gasteiger charge is -2.36. The standard InChI is InChI=1S/C14H28N2O3S/c1-14(2,3)19-13(17)16-9-6-5-7-12(16)11-15-8-10-20(4)18/h12,15H,5-11H2,1-4H3. The van der Waals surface area contributed by atoms with Gasteiger partial charge in [0.25, 0.3) is 0 Å². The topological polar surface area (TPSA) is 58.6 Å². The summed E-state index contributed by atoms with van der Waals surface area (Å²) in [7, 11) is -0.771. The molecule has 2 unspecified atom stereocenters. The van der Waals surface area contributed by atoms with E-state index in [1.807, 2.05) is 25.7 Å². The minimum atomic E-state index is -0.771. The lowest BCUT2D eigenvalue weighted by molar-refractivity contribution is 0.0100. The number of piperidine rings is 1. The Morgan fingerprint density at radius 1 is 1.40 bits per heavy atom. The van der Waals surface area contributed by atoms with Crippen molar-refractivity contribution < 1.29 is 13.7 Å². The van der Waals surface area contributed by atoms with Crippen molar-refractivity contribution in [2.24, 2.45) is 0 Å². The fourth-order valence-corrected chi connectivity index (χ4v) is 2.69. The molecule has 118 valence electrons. The van der Waals surface area contributed by atoms with Crippen LogP contribution in [0.3, 0.4) is 0 Å². The van der Waals surface area contributed by atoms with Gasteiger partial charge in [0.15, 0.2) is 0 Å². The molecule has 0 radical (unpaired) electrons. The third-order valence-corrected chi connectivity index (χ3v) is 3.98. The van der Waals surface area contributed by atoms with E-state index in [0.717, 1.165) is 38.9 Å². The second kappa shape index (κ2) is 7.98. The summed E-state index contributed by atoms with van der Waals surface area (Å²) in [6.45, 7) is 7.90. The Hall–Kier alpha value is -0.620. The summed E-state index contributed by atoms with van der Waals surface area (Å²) in [6, 6.07) is 0.184. The number of carbonyl (C=O) groups is 1.